The predicted molar refractivity (Wildman–Crippen MR) is 63.9 cm³/mol. The molecule has 4 nitrogen and oxygen atoms in total. The molecule has 86 valence electrons. The molecule has 0 spiro atoms. The van der Waals surface area contributed by atoms with E-state index in [9.17, 15) is 9.59 Å². The summed E-state index contributed by atoms with van der Waals surface area (Å²) in [4.78, 5) is 27.2. The maximum atomic E-state index is 11.7. The fraction of sp³-hybridized carbons (Fsp3) is 0.0833. The van der Waals surface area contributed by atoms with E-state index in [1.54, 1.807) is 24.4 Å². The largest absolute Gasteiger partial charge is 0.446 e. The van der Waals surface area contributed by atoms with Crippen molar-refractivity contribution in [3.63, 3.8) is 0 Å². The molecule has 0 aliphatic carbocycles. The van der Waals surface area contributed by atoms with E-state index in [2.05, 4.69) is 20.9 Å². The molecule has 5 heteroatoms. The predicted octanol–water partition coefficient (Wildman–Crippen LogP) is 2.89. The summed E-state index contributed by atoms with van der Waals surface area (Å²) in [5.74, 6) is -0.436. The first kappa shape index (κ1) is 11.7. The second-order valence-electron chi connectivity index (χ2n) is 3.37. The normalized spacial score (nSPS) is 10.2. The molecular formula is C12H8BrNO3. The van der Waals surface area contributed by atoms with Crippen LogP contribution in [0.5, 0.6) is 0 Å². The minimum absolute atomic E-state index is 0.175. The SMILES string of the molecule is O=C(CC(=O)c1ccc(Br)o1)c1cccnc1. The van der Waals surface area contributed by atoms with Gasteiger partial charge >= 0.3 is 0 Å². The number of rotatable bonds is 4. The highest BCUT2D eigenvalue weighted by Gasteiger charge is 2.16. The highest BCUT2D eigenvalue weighted by molar-refractivity contribution is 9.10. The zero-order valence-electron chi connectivity index (χ0n) is 8.72. The van der Waals surface area contributed by atoms with Gasteiger partial charge in [-0.05, 0) is 40.2 Å². The molecule has 2 aromatic rings. The van der Waals surface area contributed by atoms with E-state index in [0.717, 1.165) is 0 Å². The number of ketones is 2. The van der Waals surface area contributed by atoms with Gasteiger partial charge < -0.3 is 4.42 Å². The van der Waals surface area contributed by atoms with Crippen LogP contribution in [-0.2, 0) is 0 Å². The maximum Gasteiger partial charge on any atom is 0.205 e. The molecule has 0 N–H and O–H groups in total. The van der Waals surface area contributed by atoms with Crippen LogP contribution in [0.15, 0.2) is 45.7 Å². The van der Waals surface area contributed by atoms with E-state index in [1.165, 1.54) is 12.3 Å². The van der Waals surface area contributed by atoms with Gasteiger partial charge in [0.05, 0.1) is 6.42 Å². The Hall–Kier alpha value is -1.75. The molecule has 0 bridgehead atoms. The Labute approximate surface area is 106 Å². The van der Waals surface area contributed by atoms with Gasteiger partial charge in [-0.1, -0.05) is 0 Å². The highest BCUT2D eigenvalue weighted by Crippen LogP contribution is 2.16. The zero-order chi connectivity index (χ0) is 12.3. The first-order valence-corrected chi connectivity index (χ1v) is 5.68. The molecule has 0 fully saturated rings. The molecule has 2 aromatic heterocycles. The fourth-order valence-electron chi connectivity index (χ4n) is 1.33. The van der Waals surface area contributed by atoms with Crippen molar-refractivity contribution in [2.75, 3.05) is 0 Å². The van der Waals surface area contributed by atoms with E-state index in [-0.39, 0.29) is 23.7 Å². The molecule has 0 unspecified atom stereocenters. The molecule has 2 rings (SSSR count). The molecule has 2 heterocycles. The molecule has 0 saturated heterocycles. The van der Waals surface area contributed by atoms with E-state index in [0.29, 0.717) is 10.2 Å². The Balaban J connectivity index is 2.07. The molecule has 17 heavy (non-hydrogen) atoms. The molecule has 0 aliphatic rings. The number of furan rings is 1. The first-order chi connectivity index (χ1) is 8.16. The minimum Gasteiger partial charge on any atom is -0.446 e. The smallest absolute Gasteiger partial charge is 0.205 e. The van der Waals surface area contributed by atoms with Gasteiger partial charge in [0.15, 0.2) is 16.2 Å². The lowest BCUT2D eigenvalue weighted by Gasteiger charge is -1.97. The quantitative estimate of drug-likeness (QED) is 0.642. The minimum atomic E-state index is -0.343. The van der Waals surface area contributed by atoms with Crippen LogP contribution in [-0.4, -0.2) is 16.6 Å². The van der Waals surface area contributed by atoms with Gasteiger partial charge in [0.25, 0.3) is 0 Å². The van der Waals surface area contributed by atoms with Crippen molar-refractivity contribution in [1.29, 1.82) is 0 Å². The average molecular weight is 294 g/mol. The lowest BCUT2D eigenvalue weighted by atomic mass is 10.1. The summed E-state index contributed by atoms with van der Waals surface area (Å²) in [5.41, 5.74) is 0.423. The number of carbonyl (C=O) groups is 2. The molecule has 0 aliphatic heterocycles. The molecule has 0 atom stereocenters. The highest BCUT2D eigenvalue weighted by atomic mass is 79.9. The van der Waals surface area contributed by atoms with Gasteiger partial charge in [-0.15, -0.1) is 0 Å². The second kappa shape index (κ2) is 5.05. The number of hydrogen-bond donors (Lipinski definition) is 0. The van der Waals surface area contributed by atoms with Crippen LogP contribution in [0.4, 0.5) is 0 Å². The summed E-state index contributed by atoms with van der Waals surface area (Å²) < 4.78 is 5.55. The van der Waals surface area contributed by atoms with Crippen LogP contribution in [0, 0.1) is 0 Å². The molecule has 0 radical (unpaired) electrons. The molecule has 0 saturated carbocycles. The Morgan fingerprint density at radius 3 is 2.65 bits per heavy atom. The standard InChI is InChI=1S/C12H8BrNO3/c13-12-4-3-11(17-12)10(16)6-9(15)8-2-1-5-14-7-8/h1-5,7H,6H2. The van der Waals surface area contributed by atoms with E-state index in [4.69, 9.17) is 4.42 Å². The lowest BCUT2D eigenvalue weighted by molar-refractivity contribution is 0.0877. The second-order valence-corrected chi connectivity index (χ2v) is 4.15. The topological polar surface area (TPSA) is 60.2 Å². The zero-order valence-corrected chi connectivity index (χ0v) is 10.3. The number of aromatic nitrogens is 1. The monoisotopic (exact) mass is 293 g/mol. The summed E-state index contributed by atoms with van der Waals surface area (Å²) in [5, 5.41) is 0. The van der Waals surface area contributed by atoms with Gasteiger partial charge in [0, 0.05) is 18.0 Å². The summed E-state index contributed by atoms with van der Waals surface area (Å²) >= 11 is 3.10. The number of Topliss-reactive ketones (excluding diaryl/α,β-unsaturated/α-hetero) is 2. The van der Waals surface area contributed by atoms with Crippen LogP contribution < -0.4 is 0 Å². The summed E-state index contributed by atoms with van der Waals surface area (Å²) in [6.45, 7) is 0. The van der Waals surface area contributed by atoms with E-state index < -0.39 is 0 Å². The molecule has 0 amide bonds. The Bertz CT molecular complexity index is 548. The van der Waals surface area contributed by atoms with Crippen molar-refractivity contribution >= 4 is 27.5 Å². The van der Waals surface area contributed by atoms with Crippen molar-refractivity contribution in [3.8, 4) is 0 Å². The summed E-state index contributed by atoms with van der Waals surface area (Å²) in [6.07, 6.45) is 2.79. The van der Waals surface area contributed by atoms with Crippen molar-refractivity contribution in [3.05, 3.63) is 52.7 Å². The first-order valence-electron chi connectivity index (χ1n) is 4.88. The van der Waals surface area contributed by atoms with E-state index >= 15 is 0 Å². The summed E-state index contributed by atoms with van der Waals surface area (Å²) in [7, 11) is 0. The Morgan fingerprint density at radius 1 is 1.24 bits per heavy atom. The molecular weight excluding hydrogens is 286 g/mol. The van der Waals surface area contributed by atoms with Gasteiger partial charge in [-0.25, -0.2) is 0 Å². The number of pyridine rings is 1. The van der Waals surface area contributed by atoms with Crippen LogP contribution >= 0.6 is 15.9 Å². The van der Waals surface area contributed by atoms with Crippen molar-refractivity contribution in [2.45, 2.75) is 6.42 Å². The third-order valence-electron chi connectivity index (χ3n) is 2.15. The third kappa shape index (κ3) is 2.88. The third-order valence-corrected chi connectivity index (χ3v) is 2.58. The number of halogens is 1. The van der Waals surface area contributed by atoms with Crippen LogP contribution in [0.2, 0.25) is 0 Å². The van der Waals surface area contributed by atoms with Crippen molar-refractivity contribution in [2.24, 2.45) is 0 Å². The molecule has 0 aromatic carbocycles. The van der Waals surface area contributed by atoms with Crippen LogP contribution in [0.1, 0.15) is 27.3 Å². The van der Waals surface area contributed by atoms with Crippen LogP contribution in [0.25, 0.3) is 0 Å². The maximum absolute atomic E-state index is 11.7. The average Bonchev–Trinajstić information content (AvgIpc) is 2.77. The van der Waals surface area contributed by atoms with E-state index in [1.807, 2.05) is 0 Å². The van der Waals surface area contributed by atoms with Gasteiger partial charge in [-0.3, -0.25) is 14.6 Å². The fourth-order valence-corrected chi connectivity index (χ4v) is 1.63. The number of nitrogens with zero attached hydrogens (tertiary/aromatic N) is 1. The van der Waals surface area contributed by atoms with Gasteiger partial charge in [0.2, 0.25) is 5.78 Å². The summed E-state index contributed by atoms with van der Waals surface area (Å²) in [6, 6.07) is 6.42. The lowest BCUT2D eigenvalue weighted by Crippen LogP contribution is -2.08. The Morgan fingerprint density at radius 2 is 2.06 bits per heavy atom. The van der Waals surface area contributed by atoms with Crippen molar-refractivity contribution < 1.29 is 14.0 Å². The van der Waals surface area contributed by atoms with Gasteiger partial charge in [0.1, 0.15) is 0 Å². The van der Waals surface area contributed by atoms with Gasteiger partial charge in [-0.2, -0.15) is 0 Å². The Kier molecular flexibility index (Phi) is 3.49. The number of hydrogen-bond acceptors (Lipinski definition) is 4. The van der Waals surface area contributed by atoms with Crippen LogP contribution in [0.3, 0.4) is 0 Å². The number of carbonyl (C=O) groups excluding carboxylic acids is 2. The van der Waals surface area contributed by atoms with Crippen molar-refractivity contribution in [1.82, 2.24) is 4.98 Å².